The maximum atomic E-state index is 12.7. The highest BCUT2D eigenvalue weighted by Gasteiger charge is 2.26. The Morgan fingerprint density at radius 1 is 1.37 bits per heavy atom. The minimum atomic E-state index is -0.338. The Morgan fingerprint density at radius 2 is 2.11 bits per heavy atom. The van der Waals surface area contributed by atoms with E-state index in [4.69, 9.17) is 4.74 Å². The Kier molecular flexibility index (Phi) is 4.74. The highest BCUT2D eigenvalue weighted by molar-refractivity contribution is 5.78. The van der Waals surface area contributed by atoms with Gasteiger partial charge in [0.25, 0.3) is 5.91 Å². The Bertz CT molecular complexity index is 421. The van der Waals surface area contributed by atoms with Gasteiger partial charge in [-0.1, -0.05) is 0 Å². The smallest absolute Gasteiger partial charge is 0.260 e. The lowest BCUT2D eigenvalue weighted by Crippen LogP contribution is -2.47. The molecular weight excluding hydrogens is 249 g/mol. The molecule has 0 aromatic heterocycles. The van der Waals surface area contributed by atoms with E-state index in [1.54, 1.807) is 4.90 Å². The number of carbonyl (C=O) groups excluding carboxylic acids is 1. The summed E-state index contributed by atoms with van der Waals surface area (Å²) in [6, 6.07) is 5.46. The fourth-order valence-corrected chi connectivity index (χ4v) is 2.28. The van der Waals surface area contributed by atoms with E-state index in [9.17, 15) is 14.3 Å². The summed E-state index contributed by atoms with van der Waals surface area (Å²) in [5.74, 6) is -0.00886. The summed E-state index contributed by atoms with van der Waals surface area (Å²) < 4.78 is 18.0. The fraction of sp³-hybridized carbons (Fsp3) is 0.500. The standard InChI is InChI=1S/C14H18FNO3/c15-11-4-6-13(7-5-11)19-10-14(18)16-8-2-1-3-12(16)9-17/h4-7,12,17H,1-3,8-10H2. The lowest BCUT2D eigenvalue weighted by atomic mass is 10.0. The van der Waals surface area contributed by atoms with Crippen LogP contribution in [0.15, 0.2) is 24.3 Å². The maximum absolute atomic E-state index is 12.7. The molecule has 1 heterocycles. The first kappa shape index (κ1) is 13.8. The average Bonchev–Trinajstić information content (AvgIpc) is 2.46. The zero-order valence-corrected chi connectivity index (χ0v) is 10.7. The Balaban J connectivity index is 1.87. The third-order valence-electron chi connectivity index (χ3n) is 3.33. The predicted molar refractivity (Wildman–Crippen MR) is 68.3 cm³/mol. The normalized spacial score (nSPS) is 19.3. The molecule has 19 heavy (non-hydrogen) atoms. The summed E-state index contributed by atoms with van der Waals surface area (Å²) >= 11 is 0. The summed E-state index contributed by atoms with van der Waals surface area (Å²) in [4.78, 5) is 13.7. The van der Waals surface area contributed by atoms with Crippen molar-refractivity contribution in [3.05, 3.63) is 30.1 Å². The molecule has 0 radical (unpaired) electrons. The van der Waals surface area contributed by atoms with Crippen LogP contribution in [0.3, 0.4) is 0 Å². The monoisotopic (exact) mass is 267 g/mol. The summed E-state index contributed by atoms with van der Waals surface area (Å²) in [5, 5.41) is 9.25. The van der Waals surface area contributed by atoms with Crippen LogP contribution in [0, 0.1) is 5.82 Å². The highest BCUT2D eigenvalue weighted by atomic mass is 19.1. The number of hydrogen-bond donors (Lipinski definition) is 1. The first-order valence-electron chi connectivity index (χ1n) is 6.49. The highest BCUT2D eigenvalue weighted by Crippen LogP contribution is 2.17. The number of nitrogens with zero attached hydrogens (tertiary/aromatic N) is 1. The molecule has 1 unspecified atom stereocenters. The van der Waals surface area contributed by atoms with Crippen molar-refractivity contribution < 1.29 is 19.0 Å². The predicted octanol–water partition coefficient (Wildman–Crippen LogP) is 1.58. The van der Waals surface area contributed by atoms with Crippen LogP contribution in [0.1, 0.15) is 19.3 Å². The van der Waals surface area contributed by atoms with Gasteiger partial charge in [0.1, 0.15) is 11.6 Å². The van der Waals surface area contributed by atoms with E-state index in [0.29, 0.717) is 12.3 Å². The fourth-order valence-electron chi connectivity index (χ4n) is 2.28. The quantitative estimate of drug-likeness (QED) is 0.901. The van der Waals surface area contributed by atoms with E-state index in [1.165, 1.54) is 24.3 Å². The van der Waals surface area contributed by atoms with Crippen molar-refractivity contribution in [1.29, 1.82) is 0 Å². The Morgan fingerprint density at radius 3 is 2.79 bits per heavy atom. The number of carbonyl (C=O) groups is 1. The molecule has 4 nitrogen and oxygen atoms in total. The minimum absolute atomic E-state index is 0.0116. The SMILES string of the molecule is O=C(COc1ccc(F)cc1)N1CCCCC1CO. The van der Waals surface area contributed by atoms with Gasteiger partial charge in [-0.2, -0.15) is 0 Å². The molecule has 1 saturated heterocycles. The van der Waals surface area contributed by atoms with E-state index in [1.807, 2.05) is 0 Å². The number of rotatable bonds is 4. The molecule has 1 N–H and O–H groups in total. The molecule has 0 aliphatic carbocycles. The molecule has 1 fully saturated rings. The van der Waals surface area contributed by atoms with Gasteiger partial charge in [-0.15, -0.1) is 0 Å². The second-order valence-electron chi connectivity index (χ2n) is 4.66. The van der Waals surface area contributed by atoms with Crippen molar-refractivity contribution in [3.8, 4) is 5.75 Å². The second kappa shape index (κ2) is 6.52. The Hall–Kier alpha value is -1.62. The number of hydrogen-bond acceptors (Lipinski definition) is 3. The topological polar surface area (TPSA) is 49.8 Å². The molecule has 2 rings (SSSR count). The number of piperidine rings is 1. The molecule has 1 aromatic carbocycles. The number of amides is 1. The van der Waals surface area contributed by atoms with Crippen LogP contribution in [0.25, 0.3) is 0 Å². The van der Waals surface area contributed by atoms with Gasteiger partial charge in [0, 0.05) is 6.54 Å². The number of ether oxygens (including phenoxy) is 1. The van der Waals surface area contributed by atoms with Crippen molar-refractivity contribution in [2.24, 2.45) is 0 Å². The Labute approximate surface area is 111 Å². The summed E-state index contributed by atoms with van der Waals surface area (Å²) in [6.45, 7) is 0.571. The minimum Gasteiger partial charge on any atom is -0.484 e. The van der Waals surface area contributed by atoms with Crippen LogP contribution in [-0.2, 0) is 4.79 Å². The van der Waals surface area contributed by atoms with E-state index in [-0.39, 0.29) is 31.0 Å². The van der Waals surface area contributed by atoms with Gasteiger partial charge in [-0.3, -0.25) is 4.79 Å². The molecule has 1 amide bonds. The van der Waals surface area contributed by atoms with E-state index < -0.39 is 0 Å². The van der Waals surface area contributed by atoms with E-state index >= 15 is 0 Å². The van der Waals surface area contributed by atoms with Gasteiger partial charge in [-0.05, 0) is 43.5 Å². The number of likely N-dealkylation sites (tertiary alicyclic amines) is 1. The van der Waals surface area contributed by atoms with Gasteiger partial charge in [0.2, 0.25) is 0 Å². The van der Waals surface area contributed by atoms with Crippen LogP contribution in [0.2, 0.25) is 0 Å². The van der Waals surface area contributed by atoms with Crippen LogP contribution in [-0.4, -0.2) is 41.7 Å². The second-order valence-corrected chi connectivity index (χ2v) is 4.66. The molecule has 1 aliphatic heterocycles. The first-order chi connectivity index (χ1) is 9.20. The molecule has 5 heteroatoms. The lowest BCUT2D eigenvalue weighted by Gasteiger charge is -2.34. The molecule has 1 atom stereocenters. The molecule has 1 aromatic rings. The lowest BCUT2D eigenvalue weighted by molar-refractivity contribution is -0.138. The van der Waals surface area contributed by atoms with Crippen LogP contribution < -0.4 is 4.74 Å². The largest absolute Gasteiger partial charge is 0.484 e. The van der Waals surface area contributed by atoms with Gasteiger partial charge in [0.15, 0.2) is 6.61 Å². The van der Waals surface area contributed by atoms with Gasteiger partial charge in [-0.25, -0.2) is 4.39 Å². The number of benzene rings is 1. The van der Waals surface area contributed by atoms with Crippen LogP contribution in [0.4, 0.5) is 4.39 Å². The zero-order valence-electron chi connectivity index (χ0n) is 10.7. The number of aliphatic hydroxyl groups excluding tert-OH is 1. The van der Waals surface area contributed by atoms with Crippen molar-refractivity contribution in [1.82, 2.24) is 4.90 Å². The molecule has 0 saturated carbocycles. The summed E-state index contributed by atoms with van der Waals surface area (Å²) in [5.41, 5.74) is 0. The zero-order chi connectivity index (χ0) is 13.7. The third kappa shape index (κ3) is 3.67. The van der Waals surface area contributed by atoms with Gasteiger partial charge in [0.05, 0.1) is 12.6 Å². The van der Waals surface area contributed by atoms with Gasteiger partial charge >= 0.3 is 0 Å². The van der Waals surface area contributed by atoms with Crippen LogP contribution >= 0.6 is 0 Å². The number of aliphatic hydroxyl groups is 1. The van der Waals surface area contributed by atoms with E-state index in [2.05, 4.69) is 0 Å². The van der Waals surface area contributed by atoms with E-state index in [0.717, 1.165) is 19.3 Å². The summed E-state index contributed by atoms with van der Waals surface area (Å²) in [7, 11) is 0. The molecule has 0 bridgehead atoms. The molecule has 0 spiro atoms. The molecular formula is C14H18FNO3. The van der Waals surface area contributed by atoms with Crippen molar-refractivity contribution in [2.75, 3.05) is 19.8 Å². The van der Waals surface area contributed by atoms with Crippen LogP contribution in [0.5, 0.6) is 5.75 Å². The average molecular weight is 267 g/mol. The number of halogens is 1. The molecule has 104 valence electrons. The molecule has 1 aliphatic rings. The first-order valence-corrected chi connectivity index (χ1v) is 6.49. The van der Waals surface area contributed by atoms with Crippen molar-refractivity contribution >= 4 is 5.91 Å². The third-order valence-corrected chi connectivity index (χ3v) is 3.33. The maximum Gasteiger partial charge on any atom is 0.260 e. The van der Waals surface area contributed by atoms with Crippen molar-refractivity contribution in [2.45, 2.75) is 25.3 Å². The van der Waals surface area contributed by atoms with Gasteiger partial charge < -0.3 is 14.7 Å². The summed E-state index contributed by atoms with van der Waals surface area (Å²) in [6.07, 6.45) is 2.82. The van der Waals surface area contributed by atoms with Crippen molar-refractivity contribution in [3.63, 3.8) is 0 Å².